The molecule has 2 N–H and O–H groups in total. The lowest BCUT2D eigenvalue weighted by Gasteiger charge is -2.45. The van der Waals surface area contributed by atoms with Crippen LogP contribution >= 0.6 is 0 Å². The van der Waals surface area contributed by atoms with Crippen molar-refractivity contribution < 1.29 is 14.8 Å². The van der Waals surface area contributed by atoms with E-state index in [1.807, 2.05) is 0 Å². The number of hydrogen-bond donors (Lipinski definition) is 1. The second kappa shape index (κ2) is 8.00. The summed E-state index contributed by atoms with van der Waals surface area (Å²) in [7, 11) is 0. The highest BCUT2D eigenvalue weighted by Crippen LogP contribution is 2.43. The maximum Gasteiger partial charge on any atom is 0.0785 e. The number of hydrogen-bond acceptors (Lipinski definition) is 2. The first-order valence-corrected chi connectivity index (χ1v) is 10.5. The van der Waals surface area contributed by atoms with Gasteiger partial charge < -0.3 is 14.8 Å². The fourth-order valence-corrected chi connectivity index (χ4v) is 5.16. The van der Waals surface area contributed by atoms with Gasteiger partial charge in [-0.3, -0.25) is 0 Å². The summed E-state index contributed by atoms with van der Waals surface area (Å²) in [6.45, 7) is 13.2. The molecule has 2 saturated heterocycles. The number of ether oxygens (including phenoxy) is 2. The van der Waals surface area contributed by atoms with E-state index in [2.05, 4.69) is 63.3 Å². The minimum atomic E-state index is -0.0289. The highest BCUT2D eigenvalue weighted by Gasteiger charge is 2.42. The van der Waals surface area contributed by atoms with Crippen molar-refractivity contribution in [3.05, 3.63) is 35.9 Å². The molecular weight excluding hydrogens is 322 g/mol. The van der Waals surface area contributed by atoms with Crippen molar-refractivity contribution in [2.45, 2.75) is 76.4 Å². The number of benzene rings is 1. The van der Waals surface area contributed by atoms with E-state index in [0.29, 0.717) is 0 Å². The topological polar surface area (TPSA) is 35.1 Å². The predicted molar refractivity (Wildman–Crippen MR) is 106 cm³/mol. The minimum absolute atomic E-state index is 0.0289. The maximum atomic E-state index is 6.04. The number of rotatable bonds is 6. The molecule has 146 valence electrons. The van der Waals surface area contributed by atoms with Crippen molar-refractivity contribution in [2.75, 3.05) is 26.3 Å². The summed E-state index contributed by atoms with van der Waals surface area (Å²) in [5.74, 6) is 0.789. The van der Waals surface area contributed by atoms with Gasteiger partial charge in [-0.2, -0.15) is 0 Å². The molecule has 3 nitrogen and oxygen atoms in total. The summed E-state index contributed by atoms with van der Waals surface area (Å²) < 4.78 is 11.9. The van der Waals surface area contributed by atoms with Gasteiger partial charge >= 0.3 is 0 Å². The molecule has 1 aromatic carbocycles. The molecule has 0 amide bonds. The molecule has 0 aromatic heterocycles. The van der Waals surface area contributed by atoms with Crippen LogP contribution in [0.25, 0.3) is 0 Å². The summed E-state index contributed by atoms with van der Waals surface area (Å²) in [6.07, 6.45) is 5.88. The SMILES string of the molecule is CC1(C)C[C@H](C[NH2+]CC[C@]2(c3ccccc3)CCOC(C)(C)C2)CCO1. The quantitative estimate of drug-likeness (QED) is 0.786. The summed E-state index contributed by atoms with van der Waals surface area (Å²) in [5.41, 5.74) is 1.79. The lowest BCUT2D eigenvalue weighted by molar-refractivity contribution is -0.662. The highest BCUT2D eigenvalue weighted by molar-refractivity contribution is 5.27. The normalized spacial score (nSPS) is 30.8. The monoisotopic (exact) mass is 360 g/mol. The van der Waals surface area contributed by atoms with E-state index in [1.54, 1.807) is 0 Å². The molecule has 3 rings (SSSR count). The van der Waals surface area contributed by atoms with Gasteiger partial charge in [0.1, 0.15) is 0 Å². The first-order valence-electron chi connectivity index (χ1n) is 10.5. The Hall–Kier alpha value is -0.900. The molecule has 0 aliphatic carbocycles. The van der Waals surface area contributed by atoms with Crippen LogP contribution in [0.4, 0.5) is 0 Å². The number of nitrogens with two attached hydrogens (primary N) is 1. The second-order valence-corrected chi connectivity index (χ2v) is 9.71. The van der Waals surface area contributed by atoms with Gasteiger partial charge in [-0.05, 0) is 58.9 Å². The van der Waals surface area contributed by atoms with E-state index in [4.69, 9.17) is 9.47 Å². The van der Waals surface area contributed by atoms with E-state index >= 15 is 0 Å². The molecule has 2 aliphatic rings. The van der Waals surface area contributed by atoms with E-state index < -0.39 is 0 Å². The lowest BCUT2D eigenvalue weighted by Crippen LogP contribution is -2.86. The van der Waals surface area contributed by atoms with Gasteiger partial charge in [0.15, 0.2) is 0 Å². The molecule has 1 aromatic rings. The second-order valence-electron chi connectivity index (χ2n) is 9.71. The fourth-order valence-electron chi connectivity index (χ4n) is 5.16. The van der Waals surface area contributed by atoms with Gasteiger partial charge in [0.2, 0.25) is 0 Å². The predicted octanol–water partition coefficient (Wildman–Crippen LogP) is 3.67. The van der Waals surface area contributed by atoms with Gasteiger partial charge in [0.05, 0.1) is 24.3 Å². The number of quaternary nitrogens is 1. The highest BCUT2D eigenvalue weighted by atomic mass is 16.5. The zero-order valence-electron chi connectivity index (χ0n) is 17.2. The van der Waals surface area contributed by atoms with Crippen molar-refractivity contribution in [1.29, 1.82) is 0 Å². The minimum Gasteiger partial charge on any atom is -0.376 e. The van der Waals surface area contributed by atoms with Gasteiger partial charge in [-0.15, -0.1) is 0 Å². The average Bonchev–Trinajstić information content (AvgIpc) is 2.58. The third-order valence-corrected chi connectivity index (χ3v) is 6.35. The van der Waals surface area contributed by atoms with Crippen molar-refractivity contribution in [1.82, 2.24) is 0 Å². The van der Waals surface area contributed by atoms with Crippen LogP contribution in [0.1, 0.15) is 65.4 Å². The van der Waals surface area contributed by atoms with Gasteiger partial charge in [-0.1, -0.05) is 30.3 Å². The maximum absolute atomic E-state index is 6.04. The van der Waals surface area contributed by atoms with Crippen molar-refractivity contribution in [3.63, 3.8) is 0 Å². The van der Waals surface area contributed by atoms with Crippen LogP contribution < -0.4 is 5.32 Å². The van der Waals surface area contributed by atoms with Crippen LogP contribution in [-0.2, 0) is 14.9 Å². The van der Waals surface area contributed by atoms with Gasteiger partial charge in [0, 0.05) is 31.0 Å². The molecule has 2 aliphatic heterocycles. The largest absolute Gasteiger partial charge is 0.376 e. The van der Waals surface area contributed by atoms with Gasteiger partial charge in [-0.25, -0.2) is 0 Å². The third-order valence-electron chi connectivity index (χ3n) is 6.35. The molecule has 3 heteroatoms. The molecule has 26 heavy (non-hydrogen) atoms. The first kappa shape index (κ1) is 19.9. The Morgan fingerprint density at radius 3 is 2.42 bits per heavy atom. The standard InChI is InChI=1S/C23H37NO2/c1-21(2)16-19(10-14-25-21)17-24-13-11-23(20-8-6-5-7-9-20)12-15-26-22(3,4)18-23/h5-9,19,24H,10-18H2,1-4H3/p+1/t19-,23+/m1/s1. The molecule has 0 spiro atoms. The summed E-state index contributed by atoms with van der Waals surface area (Å²) in [4.78, 5) is 0. The van der Waals surface area contributed by atoms with Gasteiger partial charge in [0.25, 0.3) is 0 Å². The average molecular weight is 361 g/mol. The summed E-state index contributed by atoms with van der Waals surface area (Å²) >= 11 is 0. The zero-order valence-corrected chi connectivity index (χ0v) is 17.2. The summed E-state index contributed by atoms with van der Waals surface area (Å²) in [6, 6.07) is 11.1. The van der Waals surface area contributed by atoms with E-state index in [1.165, 1.54) is 37.9 Å². The molecule has 0 radical (unpaired) electrons. The van der Waals surface area contributed by atoms with Crippen LogP contribution in [0.2, 0.25) is 0 Å². The van der Waals surface area contributed by atoms with Crippen LogP contribution in [0.5, 0.6) is 0 Å². The molecule has 0 unspecified atom stereocenters. The lowest BCUT2D eigenvalue weighted by atomic mass is 9.67. The van der Waals surface area contributed by atoms with Crippen LogP contribution in [-0.4, -0.2) is 37.5 Å². The molecule has 0 saturated carbocycles. The molecular formula is C23H38NO2+. The zero-order chi connectivity index (χ0) is 18.7. The Labute approximate surface area is 159 Å². The van der Waals surface area contributed by atoms with Crippen molar-refractivity contribution in [3.8, 4) is 0 Å². The molecule has 2 fully saturated rings. The fraction of sp³-hybridized carbons (Fsp3) is 0.739. The first-order chi connectivity index (χ1) is 12.3. The molecule has 0 bridgehead atoms. The Kier molecular flexibility index (Phi) is 6.11. The van der Waals surface area contributed by atoms with Crippen molar-refractivity contribution >= 4 is 0 Å². The molecule has 2 atom stereocenters. The Bertz CT molecular complexity index is 569. The van der Waals surface area contributed by atoms with E-state index in [9.17, 15) is 0 Å². The van der Waals surface area contributed by atoms with Crippen LogP contribution in [0, 0.1) is 5.92 Å². The van der Waals surface area contributed by atoms with E-state index in [-0.39, 0.29) is 16.6 Å². The Morgan fingerprint density at radius 1 is 1.00 bits per heavy atom. The summed E-state index contributed by atoms with van der Waals surface area (Å²) in [5, 5.41) is 2.55. The van der Waals surface area contributed by atoms with Crippen molar-refractivity contribution in [2.24, 2.45) is 5.92 Å². The van der Waals surface area contributed by atoms with Crippen LogP contribution in [0.3, 0.4) is 0 Å². The smallest absolute Gasteiger partial charge is 0.0785 e. The van der Waals surface area contributed by atoms with Crippen LogP contribution in [0.15, 0.2) is 30.3 Å². The molecule has 2 heterocycles. The Balaban J connectivity index is 1.59. The third kappa shape index (κ3) is 5.09. The van der Waals surface area contributed by atoms with E-state index in [0.717, 1.165) is 32.0 Å². The Morgan fingerprint density at radius 2 is 1.73 bits per heavy atom.